The summed E-state index contributed by atoms with van der Waals surface area (Å²) in [5, 5.41) is 12.7. The number of hydrogen-bond acceptors (Lipinski definition) is 6. The van der Waals surface area contributed by atoms with Gasteiger partial charge in [-0.05, 0) is 21.9 Å². The zero-order valence-electron chi connectivity index (χ0n) is 18.5. The van der Waals surface area contributed by atoms with Crippen molar-refractivity contribution < 1.29 is 14.3 Å². The average Bonchev–Trinajstić information content (AvgIpc) is 3.38. The van der Waals surface area contributed by atoms with Crippen LogP contribution in [0.5, 0.6) is 0 Å². The van der Waals surface area contributed by atoms with E-state index in [1.807, 2.05) is 54.6 Å². The molecule has 2 heterocycles. The van der Waals surface area contributed by atoms with Gasteiger partial charge < -0.3 is 4.74 Å². The van der Waals surface area contributed by atoms with Crippen LogP contribution in [0.3, 0.4) is 0 Å². The van der Waals surface area contributed by atoms with Gasteiger partial charge in [0.05, 0.1) is 25.4 Å². The Morgan fingerprint density at radius 2 is 1.41 bits per heavy atom. The predicted octanol–water partition coefficient (Wildman–Crippen LogP) is 2.49. The molecule has 0 saturated carbocycles. The first-order chi connectivity index (χ1) is 16.6. The molecule has 1 saturated heterocycles. The van der Waals surface area contributed by atoms with Crippen molar-refractivity contribution in [1.29, 1.82) is 0 Å². The molecular formula is C26H23N5O3. The number of amides is 1. The molecule has 5 rings (SSSR count). The molecule has 34 heavy (non-hydrogen) atoms. The highest BCUT2D eigenvalue weighted by molar-refractivity contribution is 5.99. The van der Waals surface area contributed by atoms with Crippen LogP contribution in [0.4, 0.5) is 0 Å². The van der Waals surface area contributed by atoms with Crippen molar-refractivity contribution >= 4 is 11.9 Å². The number of benzene rings is 3. The zero-order valence-corrected chi connectivity index (χ0v) is 18.5. The first kappa shape index (κ1) is 21.5. The summed E-state index contributed by atoms with van der Waals surface area (Å²) in [6, 6.07) is 29.7. The van der Waals surface area contributed by atoms with Crippen LogP contribution in [0.25, 0.3) is 0 Å². The van der Waals surface area contributed by atoms with Crippen LogP contribution in [-0.4, -0.2) is 46.7 Å². The SMILES string of the molecule is COC(=O)c1cnnn1N1CC(NC(c2ccccc2)(c2ccccc2)c2ccccc2)C1=O. The van der Waals surface area contributed by atoms with E-state index in [0.29, 0.717) is 6.54 Å². The van der Waals surface area contributed by atoms with Crippen molar-refractivity contribution in [3.63, 3.8) is 0 Å². The van der Waals surface area contributed by atoms with Crippen LogP contribution in [-0.2, 0) is 15.1 Å². The minimum Gasteiger partial charge on any atom is -0.464 e. The van der Waals surface area contributed by atoms with E-state index in [0.717, 1.165) is 16.7 Å². The highest BCUT2D eigenvalue weighted by atomic mass is 16.5. The maximum atomic E-state index is 13.3. The molecule has 1 aromatic heterocycles. The molecule has 1 aliphatic heterocycles. The summed E-state index contributed by atoms with van der Waals surface area (Å²) in [6.45, 7) is 0.306. The van der Waals surface area contributed by atoms with E-state index in [1.54, 1.807) is 0 Å². The number of β-lactam (4-membered cyclic amide) rings is 1. The first-order valence-electron chi connectivity index (χ1n) is 10.9. The first-order valence-corrected chi connectivity index (χ1v) is 10.9. The Labute approximate surface area is 196 Å². The Balaban J connectivity index is 1.55. The Kier molecular flexibility index (Phi) is 5.65. The van der Waals surface area contributed by atoms with Crippen LogP contribution < -0.4 is 10.3 Å². The summed E-state index contributed by atoms with van der Waals surface area (Å²) in [5.74, 6) is -0.829. The quantitative estimate of drug-likeness (QED) is 0.263. The van der Waals surface area contributed by atoms with E-state index in [2.05, 4.69) is 52.0 Å². The molecule has 1 amide bonds. The van der Waals surface area contributed by atoms with Gasteiger partial charge in [0, 0.05) is 0 Å². The lowest BCUT2D eigenvalue weighted by Gasteiger charge is -2.45. The number of aromatic nitrogens is 3. The lowest BCUT2D eigenvalue weighted by Crippen LogP contribution is -2.71. The van der Waals surface area contributed by atoms with Gasteiger partial charge in [-0.25, -0.2) is 9.80 Å². The number of carbonyl (C=O) groups is 2. The summed E-state index contributed by atoms with van der Waals surface area (Å²) in [4.78, 5) is 26.5. The lowest BCUT2D eigenvalue weighted by molar-refractivity contribution is -0.127. The summed E-state index contributed by atoms with van der Waals surface area (Å²) in [5.41, 5.74) is 2.35. The molecule has 1 atom stereocenters. The van der Waals surface area contributed by atoms with Gasteiger partial charge in [-0.1, -0.05) is 91.0 Å². The molecule has 1 aliphatic rings. The van der Waals surface area contributed by atoms with Crippen LogP contribution in [0.2, 0.25) is 0 Å². The monoisotopic (exact) mass is 453 g/mol. The fraction of sp³-hybridized carbons (Fsp3) is 0.154. The Hall–Kier alpha value is -4.30. The molecule has 3 aromatic carbocycles. The van der Waals surface area contributed by atoms with Crippen molar-refractivity contribution in [3.05, 3.63) is 120 Å². The van der Waals surface area contributed by atoms with Crippen molar-refractivity contribution in [3.8, 4) is 0 Å². The third-order valence-corrected chi connectivity index (χ3v) is 6.07. The Bertz CT molecular complexity index is 1200. The molecule has 170 valence electrons. The molecule has 0 aliphatic carbocycles. The number of nitrogens with one attached hydrogen (secondary N) is 1. The molecule has 0 spiro atoms. The maximum absolute atomic E-state index is 13.3. The molecule has 8 heteroatoms. The van der Waals surface area contributed by atoms with E-state index in [-0.39, 0.29) is 11.6 Å². The van der Waals surface area contributed by atoms with Crippen molar-refractivity contribution in [2.45, 2.75) is 11.6 Å². The lowest BCUT2D eigenvalue weighted by atomic mass is 9.76. The number of nitrogens with zero attached hydrogens (tertiary/aromatic N) is 4. The number of rotatable bonds is 7. The fourth-order valence-electron chi connectivity index (χ4n) is 4.41. The number of ether oxygens (including phenoxy) is 1. The summed E-state index contributed by atoms with van der Waals surface area (Å²) >= 11 is 0. The topological polar surface area (TPSA) is 89.3 Å². The van der Waals surface area contributed by atoms with Crippen molar-refractivity contribution in [1.82, 2.24) is 20.4 Å². The van der Waals surface area contributed by atoms with Gasteiger partial charge >= 0.3 is 5.97 Å². The molecule has 1 N–H and O–H groups in total. The molecule has 1 unspecified atom stereocenters. The second-order valence-electron chi connectivity index (χ2n) is 7.97. The Morgan fingerprint density at radius 1 is 0.912 bits per heavy atom. The van der Waals surface area contributed by atoms with Crippen LogP contribution in [0.15, 0.2) is 97.2 Å². The number of esters is 1. The van der Waals surface area contributed by atoms with E-state index in [1.165, 1.54) is 23.1 Å². The number of hydrogen-bond donors (Lipinski definition) is 1. The van der Waals surface area contributed by atoms with E-state index in [4.69, 9.17) is 4.74 Å². The second kappa shape index (κ2) is 8.92. The zero-order chi connectivity index (χ0) is 23.5. The molecule has 0 radical (unpaired) electrons. The summed E-state index contributed by atoms with van der Waals surface area (Å²) in [6.07, 6.45) is 1.28. The van der Waals surface area contributed by atoms with E-state index >= 15 is 0 Å². The Morgan fingerprint density at radius 3 is 1.85 bits per heavy atom. The molecule has 4 aromatic rings. The van der Waals surface area contributed by atoms with Crippen molar-refractivity contribution in [2.75, 3.05) is 18.7 Å². The van der Waals surface area contributed by atoms with Gasteiger partial charge in [0.1, 0.15) is 6.04 Å². The maximum Gasteiger partial charge on any atom is 0.360 e. The third-order valence-electron chi connectivity index (χ3n) is 6.07. The normalized spacial score (nSPS) is 15.6. The summed E-state index contributed by atoms with van der Waals surface area (Å²) in [7, 11) is 1.27. The number of methoxy groups -OCH3 is 1. The second-order valence-corrected chi connectivity index (χ2v) is 7.97. The molecule has 8 nitrogen and oxygen atoms in total. The van der Waals surface area contributed by atoms with Gasteiger partial charge in [-0.3, -0.25) is 10.1 Å². The van der Waals surface area contributed by atoms with E-state index in [9.17, 15) is 9.59 Å². The van der Waals surface area contributed by atoms with Crippen molar-refractivity contribution in [2.24, 2.45) is 0 Å². The average molecular weight is 454 g/mol. The van der Waals surface area contributed by atoms with Crippen LogP contribution >= 0.6 is 0 Å². The van der Waals surface area contributed by atoms with Crippen LogP contribution in [0, 0.1) is 0 Å². The number of carbonyl (C=O) groups excluding carboxylic acids is 2. The third kappa shape index (κ3) is 3.54. The molecular weight excluding hydrogens is 430 g/mol. The molecule has 1 fully saturated rings. The standard InChI is InChI=1S/C26H23N5O3/c1-34-25(33)23-17-27-29-31(23)30-18-22(24(30)32)28-26(19-11-5-2-6-12-19,20-13-7-3-8-14-20)21-15-9-4-10-16-21/h2-17,22,28H,18H2,1H3. The molecule has 0 bridgehead atoms. The van der Waals surface area contributed by atoms with Gasteiger partial charge in [0.15, 0.2) is 5.69 Å². The fourth-order valence-corrected chi connectivity index (χ4v) is 4.41. The van der Waals surface area contributed by atoms with Gasteiger partial charge in [-0.2, -0.15) is 0 Å². The van der Waals surface area contributed by atoms with Crippen LogP contribution in [0.1, 0.15) is 27.2 Å². The van der Waals surface area contributed by atoms with Gasteiger partial charge in [-0.15, -0.1) is 9.89 Å². The largest absolute Gasteiger partial charge is 0.464 e. The van der Waals surface area contributed by atoms with E-state index < -0.39 is 17.6 Å². The smallest absolute Gasteiger partial charge is 0.360 e. The minimum atomic E-state index is -0.774. The summed E-state index contributed by atoms with van der Waals surface area (Å²) < 4.78 is 4.78. The highest BCUT2D eigenvalue weighted by Gasteiger charge is 2.47. The minimum absolute atomic E-state index is 0.0924. The van der Waals surface area contributed by atoms with Gasteiger partial charge in [0.25, 0.3) is 5.91 Å². The predicted molar refractivity (Wildman–Crippen MR) is 126 cm³/mol. The van der Waals surface area contributed by atoms with Gasteiger partial charge in [0.2, 0.25) is 0 Å². The highest BCUT2D eigenvalue weighted by Crippen LogP contribution is 2.38.